The van der Waals surface area contributed by atoms with E-state index in [0.717, 1.165) is 55.1 Å². The van der Waals surface area contributed by atoms with Crippen LogP contribution < -0.4 is 5.32 Å². The molecular formula is C24H29N5O. The van der Waals surface area contributed by atoms with Gasteiger partial charge in [-0.05, 0) is 44.4 Å². The second-order valence-corrected chi connectivity index (χ2v) is 8.11. The summed E-state index contributed by atoms with van der Waals surface area (Å²) in [6, 6.07) is 14.4. The number of hydrogen-bond acceptors (Lipinski definition) is 4. The normalized spacial score (nSPS) is 15.3. The maximum atomic E-state index is 12.9. The smallest absolute Gasteiger partial charge is 0.251 e. The summed E-state index contributed by atoms with van der Waals surface area (Å²) in [7, 11) is 1.92. The van der Waals surface area contributed by atoms with Gasteiger partial charge in [-0.15, -0.1) is 0 Å². The zero-order chi connectivity index (χ0) is 21.1. The lowest BCUT2D eigenvalue weighted by Gasteiger charge is -2.32. The number of amides is 1. The lowest BCUT2D eigenvalue weighted by molar-refractivity contribution is 0.0909. The molecule has 0 spiro atoms. The number of pyridine rings is 1. The second-order valence-electron chi connectivity index (χ2n) is 8.11. The van der Waals surface area contributed by atoms with Gasteiger partial charge >= 0.3 is 0 Å². The van der Waals surface area contributed by atoms with E-state index in [1.165, 1.54) is 5.56 Å². The van der Waals surface area contributed by atoms with Gasteiger partial charge in [0.1, 0.15) is 0 Å². The number of aromatic nitrogens is 3. The number of piperidine rings is 1. The predicted octanol–water partition coefficient (Wildman–Crippen LogP) is 3.49. The Bertz CT molecular complexity index is 1020. The van der Waals surface area contributed by atoms with E-state index < -0.39 is 0 Å². The van der Waals surface area contributed by atoms with E-state index in [9.17, 15) is 4.79 Å². The highest BCUT2D eigenvalue weighted by Gasteiger charge is 2.22. The zero-order valence-electron chi connectivity index (χ0n) is 17.9. The molecule has 1 fully saturated rings. The van der Waals surface area contributed by atoms with Crippen LogP contribution in [0.3, 0.4) is 0 Å². The average molecular weight is 404 g/mol. The zero-order valence-corrected chi connectivity index (χ0v) is 17.9. The van der Waals surface area contributed by atoms with Gasteiger partial charge < -0.3 is 5.32 Å². The van der Waals surface area contributed by atoms with Gasteiger partial charge in [0.25, 0.3) is 5.91 Å². The van der Waals surface area contributed by atoms with Gasteiger partial charge in [0.2, 0.25) is 0 Å². The van der Waals surface area contributed by atoms with Gasteiger partial charge in [-0.3, -0.25) is 19.4 Å². The summed E-state index contributed by atoms with van der Waals surface area (Å²) >= 11 is 0. The van der Waals surface area contributed by atoms with E-state index in [1.54, 1.807) is 12.3 Å². The first-order valence-electron chi connectivity index (χ1n) is 10.5. The van der Waals surface area contributed by atoms with Crippen molar-refractivity contribution < 1.29 is 4.79 Å². The number of carbonyl (C=O) groups is 1. The largest absolute Gasteiger partial charge is 0.349 e. The van der Waals surface area contributed by atoms with Crippen LogP contribution >= 0.6 is 0 Å². The van der Waals surface area contributed by atoms with Crippen molar-refractivity contribution in [3.63, 3.8) is 0 Å². The Morgan fingerprint density at radius 2 is 1.87 bits per heavy atom. The molecule has 1 aliphatic rings. The number of nitrogens with one attached hydrogen (secondary N) is 1. The van der Waals surface area contributed by atoms with Crippen molar-refractivity contribution >= 4 is 5.91 Å². The number of benzene rings is 1. The molecule has 1 amide bonds. The van der Waals surface area contributed by atoms with Crippen LogP contribution in [0.25, 0.3) is 11.3 Å². The van der Waals surface area contributed by atoms with Crippen LogP contribution in [0, 0.1) is 13.8 Å². The third kappa shape index (κ3) is 4.44. The third-order valence-corrected chi connectivity index (χ3v) is 5.96. The Morgan fingerprint density at radius 3 is 2.53 bits per heavy atom. The number of hydrogen-bond donors (Lipinski definition) is 1. The van der Waals surface area contributed by atoms with Crippen LogP contribution in [-0.4, -0.2) is 44.7 Å². The van der Waals surface area contributed by atoms with Crippen molar-refractivity contribution in [3.05, 3.63) is 71.2 Å². The number of rotatable bonds is 5. The minimum Gasteiger partial charge on any atom is -0.349 e. The van der Waals surface area contributed by atoms with E-state index in [-0.39, 0.29) is 11.9 Å². The first kappa shape index (κ1) is 20.3. The first-order chi connectivity index (χ1) is 14.5. The average Bonchev–Trinajstić information content (AvgIpc) is 3.01. The summed E-state index contributed by atoms with van der Waals surface area (Å²) in [5.74, 6) is -0.0284. The van der Waals surface area contributed by atoms with Crippen LogP contribution in [-0.2, 0) is 13.6 Å². The fourth-order valence-corrected chi connectivity index (χ4v) is 4.20. The summed E-state index contributed by atoms with van der Waals surface area (Å²) < 4.78 is 1.85. The molecule has 3 aromatic rings. The minimum absolute atomic E-state index is 0.0284. The highest BCUT2D eigenvalue weighted by atomic mass is 16.1. The molecule has 1 aromatic carbocycles. The molecule has 6 nitrogen and oxygen atoms in total. The summed E-state index contributed by atoms with van der Waals surface area (Å²) in [6.07, 6.45) is 3.65. The molecule has 2 aromatic heterocycles. The summed E-state index contributed by atoms with van der Waals surface area (Å²) in [4.78, 5) is 19.8. The summed E-state index contributed by atoms with van der Waals surface area (Å²) in [6.45, 7) is 6.96. The molecule has 3 heterocycles. The molecule has 156 valence electrons. The summed E-state index contributed by atoms with van der Waals surface area (Å²) in [5.41, 5.74) is 5.75. The van der Waals surface area contributed by atoms with Crippen LogP contribution in [0.1, 0.15) is 40.2 Å². The fourth-order valence-electron chi connectivity index (χ4n) is 4.20. The topological polar surface area (TPSA) is 63.1 Å². The van der Waals surface area contributed by atoms with Gasteiger partial charge in [0.05, 0.1) is 11.4 Å². The SMILES string of the molecule is Cc1nn(C)c(C)c1-c1cc(C(=O)NC2CCN(Cc3ccccc3)CC2)ccn1. The van der Waals surface area contributed by atoms with Crippen LogP contribution in [0.4, 0.5) is 0 Å². The predicted molar refractivity (Wildman–Crippen MR) is 118 cm³/mol. The molecule has 1 aliphatic heterocycles. The van der Waals surface area contributed by atoms with Crippen molar-refractivity contribution in [1.82, 2.24) is 25.0 Å². The molecule has 0 aliphatic carbocycles. The molecule has 30 heavy (non-hydrogen) atoms. The van der Waals surface area contributed by atoms with Crippen LogP contribution in [0.15, 0.2) is 48.7 Å². The first-order valence-corrected chi connectivity index (χ1v) is 10.5. The number of likely N-dealkylation sites (tertiary alicyclic amines) is 1. The lowest BCUT2D eigenvalue weighted by Crippen LogP contribution is -2.44. The Balaban J connectivity index is 1.37. The van der Waals surface area contributed by atoms with E-state index in [2.05, 4.69) is 44.6 Å². The Hall–Kier alpha value is -2.99. The van der Waals surface area contributed by atoms with Crippen molar-refractivity contribution in [2.24, 2.45) is 7.05 Å². The second kappa shape index (κ2) is 8.79. The highest BCUT2D eigenvalue weighted by molar-refractivity contribution is 5.95. The van der Waals surface area contributed by atoms with E-state index in [0.29, 0.717) is 5.56 Å². The number of nitrogens with zero attached hydrogens (tertiary/aromatic N) is 4. The Morgan fingerprint density at radius 1 is 1.13 bits per heavy atom. The fraction of sp³-hybridized carbons (Fsp3) is 0.375. The van der Waals surface area contributed by atoms with Gasteiger partial charge in [-0.1, -0.05) is 30.3 Å². The number of aryl methyl sites for hydroxylation is 2. The maximum absolute atomic E-state index is 12.9. The van der Waals surface area contributed by atoms with Crippen molar-refractivity contribution in [3.8, 4) is 11.3 Å². The molecule has 6 heteroatoms. The van der Waals surface area contributed by atoms with E-state index in [4.69, 9.17) is 0 Å². The van der Waals surface area contributed by atoms with Gasteiger partial charge in [0.15, 0.2) is 0 Å². The molecule has 0 saturated carbocycles. The Labute approximate surface area is 177 Å². The standard InChI is InChI=1S/C24H29N5O/c1-17-23(18(2)28(3)27-17)22-15-20(9-12-25-22)24(30)26-21-10-13-29(14-11-21)16-19-7-5-4-6-8-19/h4-9,12,15,21H,10-11,13-14,16H2,1-3H3,(H,26,30). The molecule has 1 N–H and O–H groups in total. The highest BCUT2D eigenvalue weighted by Crippen LogP contribution is 2.25. The van der Waals surface area contributed by atoms with E-state index >= 15 is 0 Å². The molecule has 0 bridgehead atoms. The van der Waals surface area contributed by atoms with Crippen molar-refractivity contribution in [2.75, 3.05) is 13.1 Å². The van der Waals surface area contributed by atoms with E-state index in [1.807, 2.05) is 37.7 Å². The van der Waals surface area contributed by atoms with Crippen LogP contribution in [0.5, 0.6) is 0 Å². The monoisotopic (exact) mass is 403 g/mol. The van der Waals surface area contributed by atoms with Gasteiger partial charge in [-0.2, -0.15) is 5.10 Å². The lowest BCUT2D eigenvalue weighted by atomic mass is 10.0. The number of carbonyl (C=O) groups excluding carboxylic acids is 1. The molecule has 0 unspecified atom stereocenters. The molecular weight excluding hydrogens is 374 g/mol. The van der Waals surface area contributed by atoms with Crippen molar-refractivity contribution in [2.45, 2.75) is 39.3 Å². The van der Waals surface area contributed by atoms with Crippen LogP contribution in [0.2, 0.25) is 0 Å². The molecule has 4 rings (SSSR count). The van der Waals surface area contributed by atoms with Gasteiger partial charge in [-0.25, -0.2) is 0 Å². The molecule has 0 radical (unpaired) electrons. The molecule has 1 saturated heterocycles. The third-order valence-electron chi connectivity index (χ3n) is 5.96. The van der Waals surface area contributed by atoms with Crippen molar-refractivity contribution in [1.29, 1.82) is 0 Å². The molecule has 0 atom stereocenters. The summed E-state index contributed by atoms with van der Waals surface area (Å²) in [5, 5.41) is 7.68. The van der Waals surface area contributed by atoms with Gasteiger partial charge in [0, 0.05) is 55.7 Å². The minimum atomic E-state index is -0.0284. The Kier molecular flexibility index (Phi) is 5.95. The quantitative estimate of drug-likeness (QED) is 0.708. The maximum Gasteiger partial charge on any atom is 0.251 e.